The average Bonchev–Trinajstić information content (AvgIpc) is 2.91. The normalized spacial score (nSPS) is 16.3. The average molecular weight is 295 g/mol. The SMILES string of the molecule is O=c1[nH]c2ccccc2n1C1CCN(c2ncccn2)CC1. The van der Waals surface area contributed by atoms with Crippen LogP contribution in [-0.4, -0.2) is 32.6 Å². The molecule has 1 aliphatic rings. The third-order valence-electron chi connectivity index (χ3n) is 4.29. The van der Waals surface area contributed by atoms with E-state index in [9.17, 15) is 4.79 Å². The molecule has 3 aromatic rings. The Morgan fingerprint density at radius 1 is 1.05 bits per heavy atom. The Morgan fingerprint density at radius 3 is 2.55 bits per heavy atom. The lowest BCUT2D eigenvalue weighted by molar-refractivity contribution is 0.394. The summed E-state index contributed by atoms with van der Waals surface area (Å²) in [5.41, 5.74) is 1.87. The van der Waals surface area contributed by atoms with Crippen molar-refractivity contribution in [1.29, 1.82) is 0 Å². The maximum absolute atomic E-state index is 12.3. The molecule has 0 aliphatic carbocycles. The monoisotopic (exact) mass is 295 g/mol. The van der Waals surface area contributed by atoms with Crippen LogP contribution in [0.3, 0.4) is 0 Å². The zero-order chi connectivity index (χ0) is 14.9. The van der Waals surface area contributed by atoms with E-state index in [-0.39, 0.29) is 11.7 Å². The number of aromatic nitrogens is 4. The highest BCUT2D eigenvalue weighted by molar-refractivity contribution is 5.75. The number of para-hydroxylation sites is 2. The third-order valence-corrected chi connectivity index (χ3v) is 4.29. The van der Waals surface area contributed by atoms with Crippen LogP contribution in [0.2, 0.25) is 0 Å². The first-order chi connectivity index (χ1) is 10.8. The fourth-order valence-electron chi connectivity index (χ4n) is 3.22. The Balaban J connectivity index is 1.58. The number of benzene rings is 1. The summed E-state index contributed by atoms with van der Waals surface area (Å²) >= 11 is 0. The fourth-order valence-corrected chi connectivity index (χ4v) is 3.22. The largest absolute Gasteiger partial charge is 0.341 e. The van der Waals surface area contributed by atoms with E-state index in [0.717, 1.165) is 42.9 Å². The van der Waals surface area contributed by atoms with Crippen LogP contribution in [0.15, 0.2) is 47.5 Å². The number of aromatic amines is 1. The number of hydrogen-bond acceptors (Lipinski definition) is 4. The molecule has 2 aromatic heterocycles. The van der Waals surface area contributed by atoms with E-state index >= 15 is 0 Å². The van der Waals surface area contributed by atoms with Gasteiger partial charge in [0.15, 0.2) is 0 Å². The first-order valence-electron chi connectivity index (χ1n) is 7.54. The number of hydrogen-bond donors (Lipinski definition) is 1. The number of rotatable bonds is 2. The Bertz CT molecular complexity index is 830. The van der Waals surface area contributed by atoms with Gasteiger partial charge < -0.3 is 9.88 Å². The van der Waals surface area contributed by atoms with Crippen molar-refractivity contribution in [3.05, 3.63) is 53.2 Å². The van der Waals surface area contributed by atoms with Crippen molar-refractivity contribution in [3.8, 4) is 0 Å². The highest BCUT2D eigenvalue weighted by Crippen LogP contribution is 2.26. The van der Waals surface area contributed by atoms with Crippen molar-refractivity contribution in [1.82, 2.24) is 19.5 Å². The van der Waals surface area contributed by atoms with Crippen molar-refractivity contribution in [3.63, 3.8) is 0 Å². The molecule has 0 unspecified atom stereocenters. The van der Waals surface area contributed by atoms with Crippen molar-refractivity contribution in [2.45, 2.75) is 18.9 Å². The number of nitrogens with zero attached hydrogens (tertiary/aromatic N) is 4. The Kier molecular flexibility index (Phi) is 3.14. The van der Waals surface area contributed by atoms with Crippen LogP contribution in [0.1, 0.15) is 18.9 Å². The molecule has 3 heterocycles. The first kappa shape index (κ1) is 13.1. The molecule has 1 saturated heterocycles. The van der Waals surface area contributed by atoms with Gasteiger partial charge in [0.2, 0.25) is 5.95 Å². The summed E-state index contributed by atoms with van der Waals surface area (Å²) in [4.78, 5) is 26.0. The minimum absolute atomic E-state index is 0.0180. The van der Waals surface area contributed by atoms with Crippen LogP contribution >= 0.6 is 0 Å². The molecule has 6 heteroatoms. The van der Waals surface area contributed by atoms with Gasteiger partial charge in [0, 0.05) is 31.5 Å². The molecule has 1 fully saturated rings. The minimum Gasteiger partial charge on any atom is -0.341 e. The molecular weight excluding hydrogens is 278 g/mol. The molecule has 0 bridgehead atoms. The second-order valence-electron chi connectivity index (χ2n) is 5.58. The van der Waals surface area contributed by atoms with Gasteiger partial charge in [-0.2, -0.15) is 0 Å². The second-order valence-corrected chi connectivity index (χ2v) is 5.58. The topological polar surface area (TPSA) is 66.8 Å². The van der Waals surface area contributed by atoms with Crippen LogP contribution < -0.4 is 10.6 Å². The van der Waals surface area contributed by atoms with Crippen molar-refractivity contribution >= 4 is 17.0 Å². The number of anilines is 1. The van der Waals surface area contributed by atoms with Crippen LogP contribution in [0.25, 0.3) is 11.0 Å². The van der Waals surface area contributed by atoms with E-state index < -0.39 is 0 Å². The summed E-state index contributed by atoms with van der Waals surface area (Å²) < 4.78 is 1.90. The quantitative estimate of drug-likeness (QED) is 0.785. The zero-order valence-electron chi connectivity index (χ0n) is 12.1. The van der Waals surface area contributed by atoms with Gasteiger partial charge in [-0.05, 0) is 31.0 Å². The number of fused-ring (bicyclic) bond motifs is 1. The molecule has 0 atom stereocenters. The van der Waals surface area contributed by atoms with Gasteiger partial charge in [-0.1, -0.05) is 12.1 Å². The van der Waals surface area contributed by atoms with E-state index in [1.54, 1.807) is 12.4 Å². The van der Waals surface area contributed by atoms with Gasteiger partial charge >= 0.3 is 5.69 Å². The maximum Gasteiger partial charge on any atom is 0.326 e. The summed E-state index contributed by atoms with van der Waals surface area (Å²) in [6.07, 6.45) is 5.36. The third kappa shape index (κ3) is 2.16. The zero-order valence-corrected chi connectivity index (χ0v) is 12.1. The predicted molar refractivity (Wildman–Crippen MR) is 85.1 cm³/mol. The maximum atomic E-state index is 12.3. The highest BCUT2D eigenvalue weighted by atomic mass is 16.1. The van der Waals surface area contributed by atoms with Gasteiger partial charge in [0.05, 0.1) is 11.0 Å². The Labute approximate surface area is 127 Å². The number of nitrogens with one attached hydrogen (secondary N) is 1. The van der Waals surface area contributed by atoms with Crippen LogP contribution in [0, 0.1) is 0 Å². The summed E-state index contributed by atoms with van der Waals surface area (Å²) in [7, 11) is 0. The molecule has 22 heavy (non-hydrogen) atoms. The molecule has 1 aliphatic heterocycles. The van der Waals surface area contributed by atoms with Crippen LogP contribution in [-0.2, 0) is 0 Å². The molecule has 6 nitrogen and oxygen atoms in total. The lowest BCUT2D eigenvalue weighted by Crippen LogP contribution is -2.37. The lowest BCUT2D eigenvalue weighted by atomic mass is 10.0. The molecule has 1 aromatic carbocycles. The van der Waals surface area contributed by atoms with Gasteiger partial charge in [-0.25, -0.2) is 14.8 Å². The number of imidazole rings is 1. The molecule has 0 amide bonds. The molecule has 112 valence electrons. The van der Waals surface area contributed by atoms with Gasteiger partial charge in [-0.3, -0.25) is 4.57 Å². The smallest absolute Gasteiger partial charge is 0.326 e. The van der Waals surface area contributed by atoms with E-state index in [1.807, 2.05) is 34.9 Å². The summed E-state index contributed by atoms with van der Waals surface area (Å²) in [5.74, 6) is 0.771. The highest BCUT2D eigenvalue weighted by Gasteiger charge is 2.24. The summed E-state index contributed by atoms with van der Waals surface area (Å²) in [6.45, 7) is 1.72. The standard InChI is InChI=1S/C16H17N5O/c22-16-19-13-4-1-2-5-14(13)21(16)12-6-10-20(11-7-12)15-17-8-3-9-18-15/h1-5,8-9,12H,6-7,10-11H2,(H,19,22). The van der Waals surface area contributed by atoms with Crippen LogP contribution in [0.4, 0.5) is 5.95 Å². The minimum atomic E-state index is -0.0180. The van der Waals surface area contributed by atoms with Crippen molar-refractivity contribution in [2.24, 2.45) is 0 Å². The first-order valence-corrected chi connectivity index (χ1v) is 7.54. The van der Waals surface area contributed by atoms with E-state index in [4.69, 9.17) is 0 Å². The van der Waals surface area contributed by atoms with E-state index in [2.05, 4.69) is 19.9 Å². The Hall–Kier alpha value is -2.63. The van der Waals surface area contributed by atoms with Gasteiger partial charge in [0.25, 0.3) is 0 Å². The van der Waals surface area contributed by atoms with E-state index in [1.165, 1.54) is 0 Å². The number of H-pyrrole nitrogens is 1. The second kappa shape index (κ2) is 5.29. The number of piperidine rings is 1. The molecule has 0 spiro atoms. The molecule has 0 radical (unpaired) electrons. The lowest BCUT2D eigenvalue weighted by Gasteiger charge is -2.32. The van der Waals surface area contributed by atoms with Crippen LogP contribution in [0.5, 0.6) is 0 Å². The molecule has 0 saturated carbocycles. The molecule has 1 N–H and O–H groups in total. The van der Waals surface area contributed by atoms with Gasteiger partial charge in [-0.15, -0.1) is 0 Å². The fraction of sp³-hybridized carbons (Fsp3) is 0.312. The van der Waals surface area contributed by atoms with Crippen molar-refractivity contribution in [2.75, 3.05) is 18.0 Å². The van der Waals surface area contributed by atoms with E-state index in [0.29, 0.717) is 0 Å². The van der Waals surface area contributed by atoms with Crippen molar-refractivity contribution < 1.29 is 0 Å². The molecular formula is C16H17N5O. The molecule has 4 rings (SSSR count). The Morgan fingerprint density at radius 2 is 1.77 bits per heavy atom. The van der Waals surface area contributed by atoms with Gasteiger partial charge in [0.1, 0.15) is 0 Å². The predicted octanol–water partition coefficient (Wildman–Crippen LogP) is 1.96. The summed E-state index contributed by atoms with van der Waals surface area (Å²) in [6, 6.07) is 9.90. The summed E-state index contributed by atoms with van der Waals surface area (Å²) in [5, 5.41) is 0.